The number of piperidine rings is 1. The quantitative estimate of drug-likeness (QED) is 0.508. The van der Waals surface area contributed by atoms with Gasteiger partial charge in [-0.1, -0.05) is 0 Å². The minimum atomic E-state index is -1.00. The first-order valence-electron chi connectivity index (χ1n) is 12.9. The lowest BCUT2D eigenvalue weighted by molar-refractivity contribution is -0.166. The maximum absolute atomic E-state index is 13.3. The summed E-state index contributed by atoms with van der Waals surface area (Å²) in [5.41, 5.74) is -0.176. The Morgan fingerprint density at radius 1 is 0.919 bits per heavy atom. The summed E-state index contributed by atoms with van der Waals surface area (Å²) in [7, 11) is 1.86. The first-order valence-corrected chi connectivity index (χ1v) is 12.9. The zero-order valence-corrected chi connectivity index (χ0v) is 21.3. The number of nitrogens with zero attached hydrogens (tertiary/aromatic N) is 3. The van der Waals surface area contributed by atoms with Crippen molar-refractivity contribution >= 4 is 17.5 Å². The van der Waals surface area contributed by atoms with Gasteiger partial charge >= 0.3 is 0 Å². The molecular formula is C28H35F2N3O4. The number of benzene rings is 2. The SMILES string of the molecule is CN(CCC(=O)N1CCO[C@](COc2ccc(F)cc2)(CC(=O)N2CCCCC2)C1)c1ccc(F)cc1. The van der Waals surface area contributed by atoms with Gasteiger partial charge in [0.2, 0.25) is 11.8 Å². The van der Waals surface area contributed by atoms with Crippen LogP contribution in [0.15, 0.2) is 48.5 Å². The predicted octanol–water partition coefficient (Wildman–Crippen LogP) is 3.87. The van der Waals surface area contributed by atoms with Crippen LogP contribution in [-0.2, 0) is 14.3 Å². The standard InChI is InChI=1S/C28H35F2N3O4/c1-31(24-9-5-22(29)6-10-24)16-13-26(34)33-17-18-37-28(20-33,19-27(35)32-14-3-2-4-15-32)21-36-25-11-7-23(30)8-12-25/h5-12H,2-4,13-21H2,1H3/t28-/m1/s1. The molecule has 9 heteroatoms. The molecule has 2 aliphatic rings. The monoisotopic (exact) mass is 515 g/mol. The first-order chi connectivity index (χ1) is 17.8. The second kappa shape index (κ2) is 12.4. The molecule has 1 atom stereocenters. The average molecular weight is 516 g/mol. The molecule has 2 heterocycles. The van der Waals surface area contributed by atoms with Crippen LogP contribution in [0.2, 0.25) is 0 Å². The maximum atomic E-state index is 13.3. The largest absolute Gasteiger partial charge is 0.490 e. The van der Waals surface area contributed by atoms with Crippen LogP contribution in [0.3, 0.4) is 0 Å². The molecule has 200 valence electrons. The number of amides is 2. The molecule has 2 amide bonds. The molecule has 2 saturated heterocycles. The molecule has 0 saturated carbocycles. The third kappa shape index (κ3) is 7.41. The van der Waals surface area contributed by atoms with Gasteiger partial charge in [0, 0.05) is 45.3 Å². The fraction of sp³-hybridized carbons (Fsp3) is 0.500. The van der Waals surface area contributed by atoms with E-state index in [1.165, 1.54) is 36.4 Å². The molecule has 0 unspecified atom stereocenters. The number of hydrogen-bond acceptors (Lipinski definition) is 5. The normalized spacial score (nSPS) is 20.0. The van der Waals surface area contributed by atoms with Gasteiger partial charge in [-0.05, 0) is 67.8 Å². The summed E-state index contributed by atoms with van der Waals surface area (Å²) in [6, 6.07) is 11.8. The molecule has 2 aromatic rings. The molecular weight excluding hydrogens is 480 g/mol. The highest BCUT2D eigenvalue weighted by atomic mass is 19.1. The summed E-state index contributed by atoms with van der Waals surface area (Å²) < 4.78 is 38.7. The number of likely N-dealkylation sites (tertiary alicyclic amines) is 1. The number of carbonyl (C=O) groups is 2. The number of carbonyl (C=O) groups excluding carboxylic acids is 2. The number of hydrogen-bond donors (Lipinski definition) is 0. The number of morpholine rings is 1. The Hall–Kier alpha value is -3.20. The Kier molecular flexibility index (Phi) is 8.97. The summed E-state index contributed by atoms with van der Waals surface area (Å²) in [6.07, 6.45) is 3.46. The zero-order valence-electron chi connectivity index (χ0n) is 21.3. The van der Waals surface area contributed by atoms with Crippen LogP contribution in [0.25, 0.3) is 0 Å². The summed E-state index contributed by atoms with van der Waals surface area (Å²) >= 11 is 0. The van der Waals surface area contributed by atoms with Crippen molar-refractivity contribution in [1.29, 1.82) is 0 Å². The molecule has 37 heavy (non-hydrogen) atoms. The van der Waals surface area contributed by atoms with Crippen LogP contribution in [0.4, 0.5) is 14.5 Å². The minimum Gasteiger partial charge on any atom is -0.490 e. The van der Waals surface area contributed by atoms with Gasteiger partial charge in [-0.3, -0.25) is 9.59 Å². The van der Waals surface area contributed by atoms with Crippen molar-refractivity contribution in [3.05, 3.63) is 60.2 Å². The van der Waals surface area contributed by atoms with Crippen LogP contribution < -0.4 is 9.64 Å². The van der Waals surface area contributed by atoms with Gasteiger partial charge in [0.05, 0.1) is 19.6 Å². The van der Waals surface area contributed by atoms with Crippen LogP contribution in [0, 0.1) is 11.6 Å². The third-order valence-corrected chi connectivity index (χ3v) is 7.03. The van der Waals surface area contributed by atoms with E-state index in [4.69, 9.17) is 9.47 Å². The van der Waals surface area contributed by atoms with E-state index in [1.807, 2.05) is 16.8 Å². The van der Waals surface area contributed by atoms with E-state index in [0.29, 0.717) is 25.4 Å². The molecule has 4 rings (SSSR count). The van der Waals surface area contributed by atoms with E-state index in [-0.39, 0.29) is 49.4 Å². The van der Waals surface area contributed by atoms with Gasteiger partial charge in [0.1, 0.15) is 29.6 Å². The summed E-state index contributed by atoms with van der Waals surface area (Å²) in [5, 5.41) is 0. The molecule has 0 radical (unpaired) electrons. The van der Waals surface area contributed by atoms with Gasteiger partial charge in [-0.2, -0.15) is 0 Å². The minimum absolute atomic E-state index is 0.00671. The van der Waals surface area contributed by atoms with Crippen molar-refractivity contribution in [2.75, 3.05) is 57.9 Å². The molecule has 0 aliphatic carbocycles. The predicted molar refractivity (Wildman–Crippen MR) is 136 cm³/mol. The first kappa shape index (κ1) is 26.9. The Balaban J connectivity index is 1.42. The lowest BCUT2D eigenvalue weighted by Crippen LogP contribution is -2.58. The molecule has 0 bridgehead atoms. The Morgan fingerprint density at radius 3 is 2.24 bits per heavy atom. The highest BCUT2D eigenvalue weighted by molar-refractivity contribution is 5.79. The number of anilines is 1. The molecule has 2 aliphatic heterocycles. The van der Waals surface area contributed by atoms with Gasteiger partial charge < -0.3 is 24.2 Å². The molecule has 0 aromatic heterocycles. The third-order valence-electron chi connectivity index (χ3n) is 7.03. The zero-order chi connectivity index (χ0) is 26.3. The van der Waals surface area contributed by atoms with Crippen LogP contribution >= 0.6 is 0 Å². The van der Waals surface area contributed by atoms with Crippen LogP contribution in [0.5, 0.6) is 5.75 Å². The van der Waals surface area contributed by atoms with Crippen molar-refractivity contribution in [2.45, 2.75) is 37.7 Å². The molecule has 0 spiro atoms. The van der Waals surface area contributed by atoms with Crippen molar-refractivity contribution in [2.24, 2.45) is 0 Å². The number of halogens is 2. The van der Waals surface area contributed by atoms with E-state index in [1.54, 1.807) is 17.0 Å². The maximum Gasteiger partial charge on any atom is 0.225 e. The van der Waals surface area contributed by atoms with E-state index in [9.17, 15) is 18.4 Å². The van der Waals surface area contributed by atoms with E-state index >= 15 is 0 Å². The Labute approximate surface area is 216 Å². The second-order valence-electron chi connectivity index (χ2n) is 9.86. The lowest BCUT2D eigenvalue weighted by Gasteiger charge is -2.43. The van der Waals surface area contributed by atoms with E-state index in [0.717, 1.165) is 38.0 Å². The topological polar surface area (TPSA) is 62.3 Å². The molecule has 2 aromatic carbocycles. The number of ether oxygens (including phenoxy) is 2. The van der Waals surface area contributed by atoms with Gasteiger partial charge in [-0.15, -0.1) is 0 Å². The summed E-state index contributed by atoms with van der Waals surface area (Å²) in [6.45, 7) is 2.94. The fourth-order valence-electron chi connectivity index (χ4n) is 4.83. The molecule has 7 nitrogen and oxygen atoms in total. The summed E-state index contributed by atoms with van der Waals surface area (Å²) in [4.78, 5) is 31.9. The highest BCUT2D eigenvalue weighted by Gasteiger charge is 2.42. The van der Waals surface area contributed by atoms with Crippen LogP contribution in [0.1, 0.15) is 32.1 Å². The highest BCUT2D eigenvalue weighted by Crippen LogP contribution is 2.27. The van der Waals surface area contributed by atoms with Crippen molar-refractivity contribution in [3.8, 4) is 5.75 Å². The van der Waals surface area contributed by atoms with E-state index in [2.05, 4.69) is 0 Å². The van der Waals surface area contributed by atoms with Crippen LogP contribution in [-0.4, -0.2) is 80.2 Å². The number of rotatable bonds is 9. The molecule has 0 N–H and O–H groups in total. The van der Waals surface area contributed by atoms with Crippen molar-refractivity contribution in [3.63, 3.8) is 0 Å². The molecule has 2 fully saturated rings. The summed E-state index contributed by atoms with van der Waals surface area (Å²) in [5.74, 6) is -0.251. The van der Waals surface area contributed by atoms with Crippen molar-refractivity contribution in [1.82, 2.24) is 9.80 Å². The second-order valence-corrected chi connectivity index (χ2v) is 9.86. The lowest BCUT2D eigenvalue weighted by atomic mass is 9.96. The average Bonchev–Trinajstić information content (AvgIpc) is 2.92. The van der Waals surface area contributed by atoms with Gasteiger partial charge in [0.15, 0.2) is 0 Å². The Bertz CT molecular complexity index is 1040. The van der Waals surface area contributed by atoms with Gasteiger partial charge in [-0.25, -0.2) is 8.78 Å². The Morgan fingerprint density at radius 2 is 1.57 bits per heavy atom. The van der Waals surface area contributed by atoms with Gasteiger partial charge in [0.25, 0.3) is 0 Å². The fourth-order valence-corrected chi connectivity index (χ4v) is 4.83. The van der Waals surface area contributed by atoms with Crippen molar-refractivity contribution < 1.29 is 27.8 Å². The van der Waals surface area contributed by atoms with E-state index < -0.39 is 5.60 Å². The smallest absolute Gasteiger partial charge is 0.225 e.